The number of fused-ring (bicyclic) bond motifs is 5. The molecule has 1 nitrogen and oxygen atoms in total. The number of hydrogen-bond acceptors (Lipinski definition) is 1. The number of Topliss-reactive ketones (excluding diaryl/α,β-unsaturated/α-hetero) is 1. The minimum Gasteiger partial charge on any atom is -0.299 e. The fourth-order valence-electron chi connectivity index (χ4n) is 9.02. The van der Waals surface area contributed by atoms with Crippen LogP contribution in [0.2, 0.25) is 0 Å². The van der Waals surface area contributed by atoms with E-state index in [-0.39, 0.29) is 0 Å². The Morgan fingerprint density at radius 1 is 0.846 bits per heavy atom. The number of carbonyl (C=O) groups excluding carboxylic acids is 1. The van der Waals surface area contributed by atoms with Crippen molar-refractivity contribution in [3.05, 3.63) is 0 Å². The zero-order valence-electron chi connectivity index (χ0n) is 17.4. The summed E-state index contributed by atoms with van der Waals surface area (Å²) in [5.41, 5.74) is 0.344. The minimum absolute atomic E-state index is 0.344. The van der Waals surface area contributed by atoms with Gasteiger partial charge in [0.15, 0.2) is 0 Å². The molecule has 0 aliphatic heterocycles. The lowest BCUT2D eigenvalue weighted by Crippen LogP contribution is -2.50. The molecule has 146 valence electrons. The first-order chi connectivity index (χ1) is 12.5. The molecule has 5 saturated carbocycles. The van der Waals surface area contributed by atoms with Crippen molar-refractivity contribution >= 4 is 5.78 Å². The van der Waals surface area contributed by atoms with Crippen molar-refractivity contribution in [3.63, 3.8) is 0 Å². The van der Waals surface area contributed by atoms with Gasteiger partial charge in [-0.25, -0.2) is 0 Å². The van der Waals surface area contributed by atoms with E-state index in [4.69, 9.17) is 0 Å². The van der Waals surface area contributed by atoms with Gasteiger partial charge in [-0.1, -0.05) is 27.2 Å². The fourth-order valence-corrected chi connectivity index (χ4v) is 9.02. The summed E-state index contributed by atoms with van der Waals surface area (Å²) >= 11 is 0. The van der Waals surface area contributed by atoms with Gasteiger partial charge in [0.05, 0.1) is 0 Å². The van der Waals surface area contributed by atoms with Crippen molar-refractivity contribution in [1.29, 1.82) is 0 Å². The van der Waals surface area contributed by atoms with Gasteiger partial charge >= 0.3 is 0 Å². The molecule has 26 heavy (non-hydrogen) atoms. The van der Waals surface area contributed by atoms with Crippen LogP contribution in [-0.2, 0) is 4.79 Å². The van der Waals surface area contributed by atoms with Gasteiger partial charge in [-0.15, -0.1) is 0 Å². The Kier molecular flexibility index (Phi) is 4.33. The van der Waals surface area contributed by atoms with Crippen LogP contribution in [0, 0.1) is 58.7 Å². The molecular formula is C25H40O. The van der Waals surface area contributed by atoms with Crippen LogP contribution in [0.1, 0.15) is 91.4 Å². The van der Waals surface area contributed by atoms with Crippen LogP contribution in [0.5, 0.6) is 0 Å². The number of ketones is 1. The molecule has 0 saturated heterocycles. The Bertz CT molecular complexity index is 563. The molecule has 5 aliphatic carbocycles. The van der Waals surface area contributed by atoms with Gasteiger partial charge in [0.2, 0.25) is 0 Å². The SMILES string of the molecule is CCC(=O)[C@H]1C[C@@H](C2CC2)C2[C@@H]3CC[C@@H]4C[C@@H](C)CC[C@@H]4[C@H]3CC[C@@]21C. The molecular weight excluding hydrogens is 316 g/mol. The Morgan fingerprint density at radius 2 is 1.58 bits per heavy atom. The van der Waals surface area contributed by atoms with Crippen LogP contribution in [0.15, 0.2) is 0 Å². The van der Waals surface area contributed by atoms with Gasteiger partial charge < -0.3 is 0 Å². The third-order valence-corrected chi connectivity index (χ3v) is 10.2. The molecule has 5 rings (SSSR count). The highest BCUT2D eigenvalue weighted by atomic mass is 16.1. The summed E-state index contributed by atoms with van der Waals surface area (Å²) in [5, 5.41) is 0. The van der Waals surface area contributed by atoms with E-state index in [1.807, 2.05) is 0 Å². The summed E-state index contributed by atoms with van der Waals surface area (Å²) in [5.74, 6) is 8.78. The van der Waals surface area contributed by atoms with E-state index in [0.717, 1.165) is 53.8 Å². The maximum atomic E-state index is 12.9. The topological polar surface area (TPSA) is 17.1 Å². The van der Waals surface area contributed by atoms with Crippen LogP contribution in [0.4, 0.5) is 0 Å². The summed E-state index contributed by atoms with van der Waals surface area (Å²) in [4.78, 5) is 12.9. The van der Waals surface area contributed by atoms with Crippen LogP contribution in [0.3, 0.4) is 0 Å². The van der Waals surface area contributed by atoms with Crippen molar-refractivity contribution in [2.24, 2.45) is 58.7 Å². The van der Waals surface area contributed by atoms with E-state index >= 15 is 0 Å². The molecule has 0 aromatic rings. The molecule has 0 bridgehead atoms. The second-order valence-corrected chi connectivity index (χ2v) is 11.4. The van der Waals surface area contributed by atoms with E-state index in [1.54, 1.807) is 0 Å². The lowest BCUT2D eigenvalue weighted by Gasteiger charge is -2.57. The third-order valence-electron chi connectivity index (χ3n) is 10.2. The highest BCUT2D eigenvalue weighted by molar-refractivity contribution is 5.82. The van der Waals surface area contributed by atoms with Crippen LogP contribution in [-0.4, -0.2) is 5.78 Å². The van der Waals surface area contributed by atoms with Crippen molar-refractivity contribution in [2.45, 2.75) is 91.4 Å². The molecule has 0 spiro atoms. The van der Waals surface area contributed by atoms with Crippen molar-refractivity contribution in [3.8, 4) is 0 Å². The Balaban J connectivity index is 1.45. The van der Waals surface area contributed by atoms with Crippen molar-refractivity contribution in [1.82, 2.24) is 0 Å². The average Bonchev–Trinajstić information content (AvgIpc) is 3.43. The van der Waals surface area contributed by atoms with Gasteiger partial charge in [-0.3, -0.25) is 4.79 Å². The molecule has 0 aromatic carbocycles. The second kappa shape index (κ2) is 6.35. The Morgan fingerprint density at radius 3 is 2.31 bits per heavy atom. The van der Waals surface area contributed by atoms with E-state index < -0.39 is 0 Å². The molecule has 5 fully saturated rings. The standard InChI is InChI=1S/C25H40O/c1-4-23(26)22-14-21(16-6-7-16)24-20-10-8-17-13-15(2)5-9-18(17)19(20)11-12-25(22,24)3/h15-22,24H,4-14H2,1-3H3/t15-,17+,18-,19+,20+,21-,22+,24?,25+/m0/s1. The molecule has 0 aromatic heterocycles. The fraction of sp³-hybridized carbons (Fsp3) is 0.960. The predicted octanol–water partition coefficient (Wildman–Crippen LogP) is 6.51. The molecule has 0 N–H and O–H groups in total. The van der Waals surface area contributed by atoms with Crippen LogP contribution in [0.25, 0.3) is 0 Å². The second-order valence-electron chi connectivity index (χ2n) is 11.4. The zero-order chi connectivity index (χ0) is 18.1. The minimum atomic E-state index is 0.344. The number of hydrogen-bond donors (Lipinski definition) is 0. The zero-order valence-corrected chi connectivity index (χ0v) is 17.4. The largest absolute Gasteiger partial charge is 0.299 e. The van der Waals surface area contributed by atoms with Crippen LogP contribution < -0.4 is 0 Å². The average molecular weight is 357 g/mol. The molecule has 0 amide bonds. The van der Waals surface area contributed by atoms with Gasteiger partial charge in [0.25, 0.3) is 0 Å². The summed E-state index contributed by atoms with van der Waals surface area (Å²) in [6.45, 7) is 7.15. The van der Waals surface area contributed by atoms with E-state index in [0.29, 0.717) is 17.1 Å². The van der Waals surface area contributed by atoms with Crippen LogP contribution >= 0.6 is 0 Å². The lowest BCUT2D eigenvalue weighted by atomic mass is 9.48. The third kappa shape index (κ3) is 2.58. The summed E-state index contributed by atoms with van der Waals surface area (Å²) in [7, 11) is 0. The van der Waals surface area contributed by atoms with Crippen molar-refractivity contribution < 1.29 is 4.79 Å². The van der Waals surface area contributed by atoms with Gasteiger partial charge in [-0.05, 0) is 111 Å². The summed E-state index contributed by atoms with van der Waals surface area (Å²) < 4.78 is 0. The lowest BCUT2D eigenvalue weighted by molar-refractivity contribution is -0.130. The van der Waals surface area contributed by atoms with Gasteiger partial charge in [-0.2, -0.15) is 0 Å². The molecule has 9 atom stereocenters. The normalized spacial score (nSPS) is 53.5. The smallest absolute Gasteiger partial charge is 0.136 e. The highest BCUT2D eigenvalue weighted by Gasteiger charge is 2.63. The molecule has 0 heterocycles. The monoisotopic (exact) mass is 356 g/mol. The molecule has 0 radical (unpaired) electrons. The predicted molar refractivity (Wildman–Crippen MR) is 107 cm³/mol. The molecule has 1 unspecified atom stereocenters. The summed E-state index contributed by atoms with van der Waals surface area (Å²) in [6.07, 6.45) is 15.3. The van der Waals surface area contributed by atoms with E-state index in [2.05, 4.69) is 20.8 Å². The molecule has 1 heteroatoms. The maximum absolute atomic E-state index is 12.9. The number of carbonyl (C=O) groups is 1. The van der Waals surface area contributed by atoms with E-state index in [1.165, 1.54) is 64.2 Å². The first-order valence-corrected chi connectivity index (χ1v) is 12.1. The number of rotatable bonds is 3. The van der Waals surface area contributed by atoms with Crippen molar-refractivity contribution in [2.75, 3.05) is 0 Å². The summed E-state index contributed by atoms with van der Waals surface area (Å²) in [6, 6.07) is 0. The van der Waals surface area contributed by atoms with Gasteiger partial charge in [0, 0.05) is 12.3 Å². The Labute approximate surface area is 161 Å². The molecule has 5 aliphatic rings. The Hall–Kier alpha value is -0.330. The maximum Gasteiger partial charge on any atom is 0.136 e. The first-order valence-electron chi connectivity index (χ1n) is 12.1. The van der Waals surface area contributed by atoms with Gasteiger partial charge in [0.1, 0.15) is 5.78 Å². The van der Waals surface area contributed by atoms with E-state index in [9.17, 15) is 4.79 Å². The first kappa shape index (κ1) is 17.7. The highest BCUT2D eigenvalue weighted by Crippen LogP contribution is 2.69. The quantitative estimate of drug-likeness (QED) is 0.563.